The summed E-state index contributed by atoms with van der Waals surface area (Å²) in [4.78, 5) is 3.89. The lowest BCUT2D eigenvalue weighted by Crippen LogP contribution is -1.93. The van der Waals surface area contributed by atoms with Crippen molar-refractivity contribution >= 4 is 84.8 Å². The summed E-state index contributed by atoms with van der Waals surface area (Å²) in [6, 6.07) is 62.7. The molecule has 11 aromatic rings. The zero-order valence-corrected chi connectivity index (χ0v) is 29.1. The lowest BCUT2D eigenvalue weighted by molar-refractivity contribution is 1.52. The van der Waals surface area contributed by atoms with Crippen LogP contribution in [0.25, 0.3) is 107 Å². The average Bonchev–Trinajstić information content (AvgIpc) is 3.88. The highest BCUT2D eigenvalue weighted by atomic mass is 32.1. The standard InChI is InChI=1S/C48H29NS2/c1-3-13-33(31(11-1)29-21-25-45-40(27-29)35-15-6-9-19-43(35)50-45)38-23-24-39-34-14-5-8-18-42(34)49-48(39)47(38)37-17-4-2-12-32(37)30-22-26-46-41(28-30)36-16-7-10-20-44(36)51-46/h1-28,49H. The van der Waals surface area contributed by atoms with E-state index in [0.29, 0.717) is 0 Å². The van der Waals surface area contributed by atoms with E-state index in [-0.39, 0.29) is 0 Å². The summed E-state index contributed by atoms with van der Waals surface area (Å²) in [5, 5.41) is 7.75. The van der Waals surface area contributed by atoms with E-state index in [4.69, 9.17) is 0 Å². The third-order valence-corrected chi connectivity index (χ3v) is 12.8. The van der Waals surface area contributed by atoms with E-state index in [1.807, 2.05) is 22.7 Å². The van der Waals surface area contributed by atoms with E-state index in [0.717, 1.165) is 11.0 Å². The molecule has 0 saturated carbocycles. The maximum Gasteiger partial charge on any atom is 0.0551 e. The fourth-order valence-electron chi connectivity index (χ4n) is 8.13. The topological polar surface area (TPSA) is 15.8 Å². The van der Waals surface area contributed by atoms with Crippen molar-refractivity contribution in [3.8, 4) is 44.5 Å². The zero-order valence-electron chi connectivity index (χ0n) is 27.5. The summed E-state index contributed by atoms with van der Waals surface area (Å²) < 4.78 is 5.30. The molecule has 8 aromatic carbocycles. The third kappa shape index (κ3) is 4.45. The van der Waals surface area contributed by atoms with Crippen molar-refractivity contribution < 1.29 is 0 Å². The summed E-state index contributed by atoms with van der Waals surface area (Å²) in [5.74, 6) is 0. The molecule has 0 amide bonds. The number of thiophene rings is 2. The van der Waals surface area contributed by atoms with Crippen LogP contribution in [-0.4, -0.2) is 4.98 Å². The molecule has 0 fully saturated rings. The maximum absolute atomic E-state index is 3.89. The van der Waals surface area contributed by atoms with Crippen LogP contribution >= 0.6 is 22.7 Å². The SMILES string of the molecule is c1ccc(-c2ccc3c([nH]c4ccccc43)c2-c2ccccc2-c2ccc3sc4ccccc4c3c2)c(-c2ccc3sc4ccccc4c3c2)c1. The summed E-state index contributed by atoms with van der Waals surface area (Å²) in [7, 11) is 0. The van der Waals surface area contributed by atoms with Gasteiger partial charge in [-0.3, -0.25) is 0 Å². The monoisotopic (exact) mass is 683 g/mol. The number of fused-ring (bicyclic) bond motifs is 9. The molecule has 0 atom stereocenters. The quantitative estimate of drug-likeness (QED) is 0.190. The van der Waals surface area contributed by atoms with E-state index in [2.05, 4.69) is 175 Å². The number of H-pyrrole nitrogens is 1. The van der Waals surface area contributed by atoms with Gasteiger partial charge in [-0.05, 0) is 81.4 Å². The average molecular weight is 684 g/mol. The maximum atomic E-state index is 3.89. The first-order chi connectivity index (χ1) is 25.3. The molecular weight excluding hydrogens is 655 g/mol. The highest BCUT2D eigenvalue weighted by Crippen LogP contribution is 2.47. The third-order valence-electron chi connectivity index (χ3n) is 10.5. The van der Waals surface area contributed by atoms with E-state index >= 15 is 0 Å². The largest absolute Gasteiger partial charge is 0.354 e. The minimum atomic E-state index is 1.15. The number of para-hydroxylation sites is 1. The number of aromatic amines is 1. The van der Waals surface area contributed by atoms with Crippen LogP contribution in [-0.2, 0) is 0 Å². The molecule has 51 heavy (non-hydrogen) atoms. The zero-order chi connectivity index (χ0) is 33.5. The molecule has 0 unspecified atom stereocenters. The Labute approximate surface area is 302 Å². The first kappa shape index (κ1) is 28.8. The molecule has 11 rings (SSSR count). The van der Waals surface area contributed by atoms with Crippen molar-refractivity contribution in [2.24, 2.45) is 0 Å². The number of benzene rings is 8. The van der Waals surface area contributed by atoms with Crippen molar-refractivity contribution in [3.05, 3.63) is 170 Å². The summed E-state index contributed by atoms with van der Waals surface area (Å²) in [6.45, 7) is 0. The summed E-state index contributed by atoms with van der Waals surface area (Å²) >= 11 is 3.73. The van der Waals surface area contributed by atoms with Gasteiger partial charge in [-0.2, -0.15) is 0 Å². The Kier molecular flexibility index (Phi) is 6.36. The van der Waals surface area contributed by atoms with Crippen molar-refractivity contribution in [1.82, 2.24) is 4.98 Å². The van der Waals surface area contributed by atoms with Gasteiger partial charge >= 0.3 is 0 Å². The first-order valence-electron chi connectivity index (χ1n) is 17.3. The van der Waals surface area contributed by atoms with Gasteiger partial charge < -0.3 is 4.98 Å². The Morgan fingerprint density at radius 3 is 1.45 bits per heavy atom. The van der Waals surface area contributed by atoms with Gasteiger partial charge in [0.15, 0.2) is 0 Å². The Morgan fingerprint density at radius 1 is 0.314 bits per heavy atom. The van der Waals surface area contributed by atoms with Gasteiger partial charge in [0.2, 0.25) is 0 Å². The van der Waals surface area contributed by atoms with Crippen LogP contribution in [0.2, 0.25) is 0 Å². The molecule has 0 radical (unpaired) electrons. The molecule has 0 aliphatic rings. The van der Waals surface area contributed by atoms with E-state index < -0.39 is 0 Å². The molecule has 0 aliphatic heterocycles. The predicted molar refractivity (Wildman–Crippen MR) is 223 cm³/mol. The van der Waals surface area contributed by atoms with Gasteiger partial charge in [0.25, 0.3) is 0 Å². The van der Waals surface area contributed by atoms with Crippen molar-refractivity contribution in [1.29, 1.82) is 0 Å². The fourth-order valence-corrected chi connectivity index (χ4v) is 10.3. The summed E-state index contributed by atoms with van der Waals surface area (Å²) in [6.07, 6.45) is 0. The Balaban J connectivity index is 1.19. The number of rotatable bonds is 4. The Hall–Kier alpha value is -6.00. The van der Waals surface area contributed by atoms with Crippen LogP contribution in [0.5, 0.6) is 0 Å². The van der Waals surface area contributed by atoms with Crippen molar-refractivity contribution in [2.75, 3.05) is 0 Å². The number of hydrogen-bond donors (Lipinski definition) is 1. The van der Waals surface area contributed by atoms with Gasteiger partial charge in [-0.1, -0.05) is 127 Å². The molecule has 3 aromatic heterocycles. The van der Waals surface area contributed by atoms with Crippen LogP contribution < -0.4 is 0 Å². The number of hydrogen-bond acceptors (Lipinski definition) is 2. The molecule has 1 N–H and O–H groups in total. The van der Waals surface area contributed by atoms with Gasteiger partial charge in [-0.15, -0.1) is 22.7 Å². The lowest BCUT2D eigenvalue weighted by atomic mass is 9.85. The molecular formula is C48H29NS2. The Bertz CT molecular complexity index is 3150. The normalized spacial score (nSPS) is 11.9. The first-order valence-corrected chi connectivity index (χ1v) is 19.0. The molecule has 0 bridgehead atoms. The van der Waals surface area contributed by atoms with Crippen LogP contribution in [0.4, 0.5) is 0 Å². The predicted octanol–water partition coefficient (Wildman–Crippen LogP) is 14.7. The van der Waals surface area contributed by atoms with Crippen molar-refractivity contribution in [2.45, 2.75) is 0 Å². The molecule has 3 heteroatoms. The molecule has 1 nitrogen and oxygen atoms in total. The minimum absolute atomic E-state index is 1.15. The molecule has 238 valence electrons. The van der Waals surface area contributed by atoms with Gasteiger partial charge in [-0.25, -0.2) is 0 Å². The Morgan fingerprint density at radius 2 is 0.804 bits per heavy atom. The van der Waals surface area contributed by atoms with Crippen LogP contribution in [0, 0.1) is 0 Å². The smallest absolute Gasteiger partial charge is 0.0551 e. The van der Waals surface area contributed by atoms with Gasteiger partial charge in [0.1, 0.15) is 0 Å². The summed E-state index contributed by atoms with van der Waals surface area (Å²) in [5.41, 5.74) is 12.1. The number of aromatic nitrogens is 1. The van der Waals surface area contributed by atoms with Crippen molar-refractivity contribution in [3.63, 3.8) is 0 Å². The van der Waals surface area contributed by atoms with E-state index in [1.54, 1.807) is 0 Å². The van der Waals surface area contributed by atoms with Crippen LogP contribution in [0.15, 0.2) is 170 Å². The highest BCUT2D eigenvalue weighted by Gasteiger charge is 2.21. The van der Waals surface area contributed by atoms with E-state index in [1.165, 1.54) is 95.6 Å². The van der Waals surface area contributed by atoms with Gasteiger partial charge in [0.05, 0.1) is 5.52 Å². The van der Waals surface area contributed by atoms with E-state index in [9.17, 15) is 0 Å². The van der Waals surface area contributed by atoms with Crippen LogP contribution in [0.1, 0.15) is 0 Å². The molecule has 0 saturated heterocycles. The lowest BCUT2D eigenvalue weighted by Gasteiger charge is -2.18. The number of nitrogens with one attached hydrogen (secondary N) is 1. The second-order valence-electron chi connectivity index (χ2n) is 13.3. The molecule has 0 aliphatic carbocycles. The second-order valence-corrected chi connectivity index (χ2v) is 15.5. The molecule has 0 spiro atoms. The molecule has 3 heterocycles. The van der Waals surface area contributed by atoms with Gasteiger partial charge in [0, 0.05) is 62.2 Å². The van der Waals surface area contributed by atoms with Crippen LogP contribution in [0.3, 0.4) is 0 Å². The second kappa shape index (κ2) is 11.3. The minimum Gasteiger partial charge on any atom is -0.354 e. The highest BCUT2D eigenvalue weighted by molar-refractivity contribution is 7.26. The fraction of sp³-hybridized carbons (Fsp3) is 0.